The predicted octanol–water partition coefficient (Wildman–Crippen LogP) is 4.58. The fourth-order valence-corrected chi connectivity index (χ4v) is 3.31. The van der Waals surface area contributed by atoms with Gasteiger partial charge in [-0.2, -0.15) is 13.2 Å². The molecule has 1 heterocycles. The Morgan fingerprint density at radius 3 is 2.43 bits per heavy atom. The maximum absolute atomic E-state index is 13.2. The van der Waals surface area contributed by atoms with Crippen molar-refractivity contribution in [3.05, 3.63) is 29.6 Å². The lowest BCUT2D eigenvalue weighted by Gasteiger charge is -2.38. The second-order valence-corrected chi connectivity index (χ2v) is 6.73. The molecule has 118 valence electrons. The van der Waals surface area contributed by atoms with E-state index >= 15 is 0 Å². The highest BCUT2D eigenvalue weighted by Crippen LogP contribution is 2.44. The van der Waals surface area contributed by atoms with Gasteiger partial charge in [-0.1, -0.05) is 13.8 Å². The van der Waals surface area contributed by atoms with Gasteiger partial charge in [0.15, 0.2) is 0 Å². The Morgan fingerprint density at radius 1 is 1.29 bits per heavy atom. The smallest absolute Gasteiger partial charge is 0.313 e. The molecule has 1 aromatic rings. The van der Waals surface area contributed by atoms with E-state index in [2.05, 4.69) is 24.1 Å². The van der Waals surface area contributed by atoms with Crippen LogP contribution in [-0.4, -0.2) is 12.0 Å². The van der Waals surface area contributed by atoms with Crippen molar-refractivity contribution in [2.24, 2.45) is 11.3 Å². The fraction of sp³-hybridized carbons (Fsp3) is 0.688. The van der Waals surface area contributed by atoms with Gasteiger partial charge >= 0.3 is 6.18 Å². The summed E-state index contributed by atoms with van der Waals surface area (Å²) in [5, 5.41) is 3.09. The molecule has 2 nitrogen and oxygen atoms in total. The maximum atomic E-state index is 13.2. The minimum atomic E-state index is -4.33. The van der Waals surface area contributed by atoms with Crippen molar-refractivity contribution in [1.29, 1.82) is 0 Å². The number of nitrogens with zero attached hydrogens (tertiary/aromatic N) is 1. The van der Waals surface area contributed by atoms with Crippen LogP contribution in [0.2, 0.25) is 0 Å². The molecule has 1 saturated carbocycles. The first-order valence-corrected chi connectivity index (χ1v) is 7.43. The van der Waals surface area contributed by atoms with Crippen molar-refractivity contribution in [2.75, 3.05) is 7.05 Å². The van der Waals surface area contributed by atoms with Gasteiger partial charge < -0.3 is 5.32 Å². The molecule has 0 radical (unpaired) electrons. The Morgan fingerprint density at radius 2 is 1.90 bits per heavy atom. The van der Waals surface area contributed by atoms with Crippen LogP contribution >= 0.6 is 0 Å². The first-order valence-electron chi connectivity index (χ1n) is 7.43. The van der Waals surface area contributed by atoms with Crippen molar-refractivity contribution in [1.82, 2.24) is 10.3 Å². The number of halogens is 3. The monoisotopic (exact) mass is 300 g/mol. The number of alkyl halides is 3. The molecule has 21 heavy (non-hydrogen) atoms. The first kappa shape index (κ1) is 16.3. The SMILES string of the molecule is CNC(c1cnccc1C(F)(F)F)C1CCC(C)(C)CC1. The third-order valence-electron chi connectivity index (χ3n) is 4.66. The van der Waals surface area contributed by atoms with Crippen LogP contribution in [0.1, 0.15) is 56.7 Å². The number of aromatic nitrogens is 1. The van der Waals surface area contributed by atoms with Crippen LogP contribution in [0.3, 0.4) is 0 Å². The highest BCUT2D eigenvalue weighted by Gasteiger charge is 2.38. The zero-order valence-electron chi connectivity index (χ0n) is 12.8. The Labute approximate surface area is 124 Å². The van der Waals surface area contributed by atoms with E-state index in [1.165, 1.54) is 12.4 Å². The van der Waals surface area contributed by atoms with Gasteiger partial charge in [0, 0.05) is 18.4 Å². The van der Waals surface area contributed by atoms with Crippen LogP contribution in [0.15, 0.2) is 18.5 Å². The van der Waals surface area contributed by atoms with Gasteiger partial charge in [-0.15, -0.1) is 0 Å². The predicted molar refractivity (Wildman–Crippen MR) is 76.8 cm³/mol. The molecule has 1 aliphatic rings. The molecule has 0 aromatic carbocycles. The van der Waals surface area contributed by atoms with Gasteiger partial charge in [-0.3, -0.25) is 4.98 Å². The first-order chi connectivity index (χ1) is 9.74. The van der Waals surface area contributed by atoms with Crippen molar-refractivity contribution >= 4 is 0 Å². The van der Waals surface area contributed by atoms with Gasteiger partial charge in [0.2, 0.25) is 0 Å². The molecule has 1 N–H and O–H groups in total. The van der Waals surface area contributed by atoms with E-state index in [1.807, 2.05) is 0 Å². The zero-order chi connectivity index (χ0) is 15.7. The molecule has 0 amide bonds. The number of hydrogen-bond acceptors (Lipinski definition) is 2. The van der Waals surface area contributed by atoms with Gasteiger partial charge in [-0.25, -0.2) is 0 Å². The summed E-state index contributed by atoms with van der Waals surface area (Å²) in [5.74, 6) is 0.230. The van der Waals surface area contributed by atoms with Crippen LogP contribution < -0.4 is 5.32 Å². The lowest BCUT2D eigenvalue weighted by molar-refractivity contribution is -0.138. The minimum absolute atomic E-state index is 0.230. The van der Waals surface area contributed by atoms with Crippen molar-refractivity contribution in [3.63, 3.8) is 0 Å². The van der Waals surface area contributed by atoms with E-state index in [0.29, 0.717) is 5.41 Å². The highest BCUT2D eigenvalue weighted by atomic mass is 19.4. The van der Waals surface area contributed by atoms with E-state index in [0.717, 1.165) is 31.7 Å². The Bertz CT molecular complexity index is 473. The fourth-order valence-electron chi connectivity index (χ4n) is 3.31. The molecule has 1 aliphatic carbocycles. The highest BCUT2D eigenvalue weighted by molar-refractivity contribution is 5.30. The molecule has 2 rings (SSSR count). The van der Waals surface area contributed by atoms with Gasteiger partial charge in [-0.05, 0) is 55.7 Å². The van der Waals surface area contributed by atoms with Crippen LogP contribution in [0, 0.1) is 11.3 Å². The summed E-state index contributed by atoms with van der Waals surface area (Å²) in [5.41, 5.74) is 0.00947. The number of nitrogens with one attached hydrogen (secondary N) is 1. The van der Waals surface area contributed by atoms with Gasteiger partial charge in [0.05, 0.1) is 5.56 Å². The standard InChI is InChI=1S/C16H23F3N2/c1-15(2)7-4-11(5-8-15)14(20-3)12-10-21-9-6-13(12)16(17,18)19/h6,9-11,14,20H,4-5,7-8H2,1-3H3. The van der Waals surface area contributed by atoms with Gasteiger partial charge in [0.1, 0.15) is 0 Å². The molecule has 1 fully saturated rings. The van der Waals surface area contributed by atoms with Gasteiger partial charge in [0.25, 0.3) is 0 Å². The van der Waals surface area contributed by atoms with Crippen LogP contribution in [0.5, 0.6) is 0 Å². The second-order valence-electron chi connectivity index (χ2n) is 6.73. The molecular formula is C16H23F3N2. The average molecular weight is 300 g/mol. The summed E-state index contributed by atoms with van der Waals surface area (Å²) in [6.07, 6.45) is 2.25. The third-order valence-corrected chi connectivity index (χ3v) is 4.66. The summed E-state index contributed by atoms with van der Waals surface area (Å²) in [6, 6.07) is 0.790. The van der Waals surface area contributed by atoms with E-state index in [9.17, 15) is 13.2 Å². The molecule has 1 unspecified atom stereocenters. The normalized spacial score (nSPS) is 21.2. The van der Waals surface area contributed by atoms with E-state index in [4.69, 9.17) is 0 Å². The molecule has 1 atom stereocenters. The minimum Gasteiger partial charge on any atom is -0.313 e. The van der Waals surface area contributed by atoms with Crippen molar-refractivity contribution in [3.8, 4) is 0 Å². The van der Waals surface area contributed by atoms with Crippen LogP contribution in [0.4, 0.5) is 13.2 Å². The molecule has 1 aromatic heterocycles. The molecule has 5 heteroatoms. The second kappa shape index (κ2) is 5.95. The average Bonchev–Trinajstić information content (AvgIpc) is 2.41. The Balaban J connectivity index is 2.27. The summed E-state index contributed by atoms with van der Waals surface area (Å²) < 4.78 is 39.5. The molecular weight excluding hydrogens is 277 g/mol. The summed E-state index contributed by atoms with van der Waals surface area (Å²) in [4.78, 5) is 3.91. The lowest BCUT2D eigenvalue weighted by atomic mass is 9.70. The Kier molecular flexibility index (Phi) is 4.61. The largest absolute Gasteiger partial charge is 0.416 e. The quantitative estimate of drug-likeness (QED) is 0.884. The Hall–Kier alpha value is -1.10. The lowest BCUT2D eigenvalue weighted by Crippen LogP contribution is -2.32. The van der Waals surface area contributed by atoms with Crippen LogP contribution in [-0.2, 0) is 6.18 Å². The summed E-state index contributed by atoms with van der Waals surface area (Å²) in [6.45, 7) is 4.45. The third kappa shape index (κ3) is 3.76. The topological polar surface area (TPSA) is 24.9 Å². The molecule has 0 aliphatic heterocycles. The van der Waals surface area contributed by atoms with E-state index in [-0.39, 0.29) is 17.5 Å². The van der Waals surface area contributed by atoms with Crippen LogP contribution in [0.25, 0.3) is 0 Å². The number of pyridine rings is 1. The molecule has 0 saturated heterocycles. The van der Waals surface area contributed by atoms with Crippen molar-refractivity contribution < 1.29 is 13.2 Å². The number of rotatable bonds is 3. The zero-order valence-corrected chi connectivity index (χ0v) is 12.8. The van der Waals surface area contributed by atoms with Crippen molar-refractivity contribution in [2.45, 2.75) is 51.7 Å². The molecule has 0 spiro atoms. The summed E-state index contributed by atoms with van der Waals surface area (Å²) >= 11 is 0. The maximum Gasteiger partial charge on any atom is 0.416 e. The van der Waals surface area contributed by atoms with E-state index in [1.54, 1.807) is 7.05 Å². The summed E-state index contributed by atoms with van der Waals surface area (Å²) in [7, 11) is 1.73. The van der Waals surface area contributed by atoms with E-state index < -0.39 is 11.7 Å². The molecule has 0 bridgehead atoms. The number of hydrogen-bond donors (Lipinski definition) is 1.